The van der Waals surface area contributed by atoms with E-state index in [1.54, 1.807) is 0 Å². The van der Waals surface area contributed by atoms with Gasteiger partial charge in [-0.25, -0.2) is 13.0 Å². The van der Waals surface area contributed by atoms with Crippen LogP contribution in [0.2, 0.25) is 0 Å². The highest BCUT2D eigenvalue weighted by molar-refractivity contribution is 9.10. The first-order chi connectivity index (χ1) is 8.45. The van der Waals surface area contributed by atoms with Crippen molar-refractivity contribution in [1.82, 2.24) is 0 Å². The summed E-state index contributed by atoms with van der Waals surface area (Å²) in [4.78, 5) is 0. The summed E-state index contributed by atoms with van der Waals surface area (Å²) < 4.78 is 62.1. The number of alkyl halides is 3. The fourth-order valence-electron chi connectivity index (χ4n) is 0.858. The summed E-state index contributed by atoms with van der Waals surface area (Å²) in [6.45, 7) is 0. The Morgan fingerprint density at radius 3 is 2.00 bits per heavy atom. The molecule has 0 unspecified atom stereocenters. The van der Waals surface area contributed by atoms with Crippen molar-refractivity contribution in [3.05, 3.63) is 34.3 Å². The third kappa shape index (κ3) is 7.28. The number of hydrogen-bond acceptors (Lipinski definition) is 3. The second kappa shape index (κ2) is 7.01. The largest absolute Gasteiger partial charge is 0.741 e. The third-order valence-electron chi connectivity index (χ3n) is 1.59. The molecule has 1 rings (SSSR count). The van der Waals surface area contributed by atoms with Crippen molar-refractivity contribution in [1.29, 1.82) is 0 Å². The van der Waals surface area contributed by atoms with E-state index in [-0.39, 0.29) is 0 Å². The SMILES string of the molecule is C[N+](C)=Cc1ccccc1Br.O=S(=O)([O-])C(F)(F)F. The van der Waals surface area contributed by atoms with Crippen LogP contribution in [0.4, 0.5) is 13.2 Å². The molecular weight excluding hydrogens is 351 g/mol. The van der Waals surface area contributed by atoms with E-state index in [2.05, 4.69) is 28.2 Å². The van der Waals surface area contributed by atoms with Gasteiger partial charge in [-0.1, -0.05) is 12.1 Å². The molecule has 0 saturated carbocycles. The molecule has 0 aliphatic carbocycles. The van der Waals surface area contributed by atoms with Crippen molar-refractivity contribution in [2.45, 2.75) is 5.51 Å². The molecule has 0 aliphatic rings. The standard InChI is InChI=1S/C9H11BrN.CHF3O3S/c1-11(2)7-8-5-3-4-6-9(8)10;2-1(3,4)8(5,6)7/h3-7H,1-2H3;(H,5,6,7)/q+1;/p-1. The van der Waals surface area contributed by atoms with E-state index in [0.717, 1.165) is 4.47 Å². The van der Waals surface area contributed by atoms with E-state index >= 15 is 0 Å². The first-order valence-corrected chi connectivity index (χ1v) is 6.93. The van der Waals surface area contributed by atoms with Gasteiger partial charge in [0, 0.05) is 4.47 Å². The van der Waals surface area contributed by atoms with Gasteiger partial charge < -0.3 is 4.55 Å². The Bertz CT molecular complexity index is 551. The zero-order valence-corrected chi connectivity index (χ0v) is 12.4. The average Bonchev–Trinajstić information content (AvgIpc) is 2.18. The molecule has 0 saturated heterocycles. The summed E-state index contributed by atoms with van der Waals surface area (Å²) in [5.41, 5.74) is -4.44. The van der Waals surface area contributed by atoms with Crippen LogP contribution < -0.4 is 0 Å². The highest BCUT2D eigenvalue weighted by atomic mass is 79.9. The van der Waals surface area contributed by atoms with Crippen molar-refractivity contribution in [3.63, 3.8) is 0 Å². The summed E-state index contributed by atoms with van der Waals surface area (Å²) in [6.07, 6.45) is 2.07. The van der Waals surface area contributed by atoms with Crippen LogP contribution in [0.15, 0.2) is 28.7 Å². The molecule has 0 amide bonds. The Hall–Kier alpha value is -0.930. The van der Waals surface area contributed by atoms with Crippen LogP contribution in [-0.4, -0.2) is 43.4 Å². The van der Waals surface area contributed by atoms with Gasteiger partial charge in [0.2, 0.25) is 0 Å². The predicted octanol–water partition coefficient (Wildman–Crippen LogP) is 2.19. The lowest BCUT2D eigenvalue weighted by molar-refractivity contribution is -0.458. The van der Waals surface area contributed by atoms with Gasteiger partial charge in [0.05, 0.1) is 5.56 Å². The zero-order chi connectivity index (χ0) is 15.3. The maximum atomic E-state index is 10.7. The lowest BCUT2D eigenvalue weighted by Gasteiger charge is -2.08. The van der Waals surface area contributed by atoms with E-state index < -0.39 is 15.6 Å². The fraction of sp³-hybridized carbons (Fsp3) is 0.300. The molecule has 0 spiro atoms. The van der Waals surface area contributed by atoms with Crippen LogP contribution in [0.5, 0.6) is 0 Å². The van der Waals surface area contributed by atoms with Crippen LogP contribution in [0, 0.1) is 0 Å². The Morgan fingerprint density at radius 2 is 1.68 bits per heavy atom. The molecule has 108 valence electrons. The van der Waals surface area contributed by atoms with E-state index in [1.807, 2.05) is 36.9 Å². The summed E-state index contributed by atoms with van der Waals surface area (Å²) in [5.74, 6) is 0. The van der Waals surface area contributed by atoms with Crippen LogP contribution in [0.1, 0.15) is 5.56 Å². The highest BCUT2D eigenvalue weighted by Crippen LogP contribution is 2.20. The monoisotopic (exact) mass is 361 g/mol. The second-order valence-electron chi connectivity index (χ2n) is 3.51. The summed E-state index contributed by atoms with van der Waals surface area (Å²) in [7, 11) is -2.06. The quantitative estimate of drug-likeness (QED) is 0.333. The lowest BCUT2D eigenvalue weighted by atomic mass is 10.2. The van der Waals surface area contributed by atoms with Crippen LogP contribution >= 0.6 is 15.9 Å². The molecular formula is C10H11BrF3NO3S. The van der Waals surface area contributed by atoms with Crippen molar-refractivity contribution < 1.29 is 30.7 Å². The minimum absolute atomic E-state index is 1.13. The molecule has 9 heteroatoms. The summed E-state index contributed by atoms with van der Waals surface area (Å²) in [5, 5.41) is 0. The van der Waals surface area contributed by atoms with Gasteiger partial charge >= 0.3 is 5.51 Å². The Balaban J connectivity index is 0.000000362. The molecule has 0 heterocycles. The third-order valence-corrected chi connectivity index (χ3v) is 2.88. The maximum absolute atomic E-state index is 10.7. The predicted molar refractivity (Wildman–Crippen MR) is 67.2 cm³/mol. The van der Waals surface area contributed by atoms with Crippen LogP contribution in [0.25, 0.3) is 0 Å². The van der Waals surface area contributed by atoms with E-state index in [9.17, 15) is 13.2 Å². The molecule has 1 aromatic carbocycles. The molecule has 0 atom stereocenters. The molecule has 0 N–H and O–H groups in total. The lowest BCUT2D eigenvalue weighted by Crippen LogP contribution is -2.21. The van der Waals surface area contributed by atoms with Gasteiger partial charge in [-0.3, -0.25) is 0 Å². The number of nitrogens with zero attached hydrogens (tertiary/aromatic N) is 1. The molecule has 19 heavy (non-hydrogen) atoms. The van der Waals surface area contributed by atoms with Gasteiger partial charge in [-0.15, -0.1) is 0 Å². The smallest absolute Gasteiger partial charge is 0.485 e. The fourth-order valence-corrected chi connectivity index (χ4v) is 1.25. The van der Waals surface area contributed by atoms with Crippen LogP contribution in [0.3, 0.4) is 0 Å². The number of rotatable bonds is 1. The first kappa shape index (κ1) is 18.1. The van der Waals surface area contributed by atoms with Gasteiger partial charge in [0.25, 0.3) is 0 Å². The molecule has 1 aromatic rings. The minimum atomic E-state index is -6.09. The molecule has 0 radical (unpaired) electrons. The van der Waals surface area contributed by atoms with Crippen molar-refractivity contribution in [2.24, 2.45) is 0 Å². The summed E-state index contributed by atoms with van der Waals surface area (Å²) in [6, 6.07) is 8.15. The van der Waals surface area contributed by atoms with Gasteiger partial charge in [-0.05, 0) is 28.1 Å². The molecule has 0 aromatic heterocycles. The normalized spacial score (nSPS) is 11.3. The number of hydrogen-bond donors (Lipinski definition) is 0. The summed E-state index contributed by atoms with van der Waals surface area (Å²) >= 11 is 3.47. The molecule has 0 aliphatic heterocycles. The van der Waals surface area contributed by atoms with Gasteiger partial charge in [0.15, 0.2) is 16.3 Å². The number of halogens is 4. The molecule has 0 fully saturated rings. The van der Waals surface area contributed by atoms with E-state index in [1.165, 1.54) is 5.56 Å². The van der Waals surface area contributed by atoms with Crippen molar-refractivity contribution in [3.8, 4) is 0 Å². The Labute approximate surface area is 117 Å². The zero-order valence-electron chi connectivity index (χ0n) is 9.98. The minimum Gasteiger partial charge on any atom is -0.741 e. The molecule has 4 nitrogen and oxygen atoms in total. The van der Waals surface area contributed by atoms with Crippen molar-refractivity contribution in [2.75, 3.05) is 14.1 Å². The average molecular weight is 362 g/mol. The number of benzene rings is 1. The van der Waals surface area contributed by atoms with E-state index in [0.29, 0.717) is 0 Å². The Kier molecular flexibility index (Phi) is 6.67. The van der Waals surface area contributed by atoms with Gasteiger partial charge in [-0.2, -0.15) is 13.2 Å². The highest BCUT2D eigenvalue weighted by Gasteiger charge is 2.36. The topological polar surface area (TPSA) is 60.2 Å². The molecule has 0 bridgehead atoms. The second-order valence-corrected chi connectivity index (χ2v) is 5.74. The Morgan fingerprint density at radius 1 is 1.26 bits per heavy atom. The van der Waals surface area contributed by atoms with Crippen LogP contribution in [-0.2, 0) is 10.1 Å². The first-order valence-electron chi connectivity index (χ1n) is 4.73. The van der Waals surface area contributed by atoms with Gasteiger partial charge in [0.1, 0.15) is 14.1 Å². The maximum Gasteiger partial charge on any atom is 0.485 e. The van der Waals surface area contributed by atoms with E-state index in [4.69, 9.17) is 13.0 Å². The van der Waals surface area contributed by atoms with Crippen molar-refractivity contribution >= 4 is 32.3 Å².